The van der Waals surface area contributed by atoms with Crippen molar-refractivity contribution in [1.82, 2.24) is 9.88 Å². The molecule has 0 spiro atoms. The van der Waals surface area contributed by atoms with E-state index in [1.54, 1.807) is 39.8 Å². The van der Waals surface area contributed by atoms with Crippen LogP contribution >= 0.6 is 0 Å². The van der Waals surface area contributed by atoms with Crippen LogP contribution in [0.3, 0.4) is 0 Å². The normalized spacial score (nSPS) is 14.5. The molecule has 6 nitrogen and oxygen atoms in total. The van der Waals surface area contributed by atoms with Crippen molar-refractivity contribution in [3.8, 4) is 11.1 Å². The van der Waals surface area contributed by atoms with E-state index in [9.17, 15) is 22.5 Å². The lowest BCUT2D eigenvalue weighted by atomic mass is 9.96. The average molecular weight is 432 g/mol. The summed E-state index contributed by atoms with van der Waals surface area (Å²) in [5, 5.41) is 3.68. The van der Waals surface area contributed by atoms with E-state index in [1.165, 1.54) is 19.1 Å². The summed E-state index contributed by atoms with van der Waals surface area (Å²) >= 11 is -2.04. The molecular weight excluding hydrogens is 409 g/mol. The monoisotopic (exact) mass is 432 g/mol. The highest BCUT2D eigenvalue weighted by Gasteiger charge is 2.49. The third-order valence-electron chi connectivity index (χ3n) is 3.95. The van der Waals surface area contributed by atoms with Crippen LogP contribution in [-0.2, 0) is 16.1 Å². The number of nitrogens with one attached hydrogen (secondary N) is 1. The van der Waals surface area contributed by atoms with Crippen LogP contribution in [0.2, 0.25) is 0 Å². The largest absolute Gasteiger partial charge is 0.598 e. The van der Waals surface area contributed by atoms with E-state index in [4.69, 9.17) is 9.26 Å². The van der Waals surface area contributed by atoms with Crippen LogP contribution < -0.4 is 4.72 Å². The highest BCUT2D eigenvalue weighted by molar-refractivity contribution is 7.90. The van der Waals surface area contributed by atoms with Crippen LogP contribution in [0, 0.1) is 6.92 Å². The fraction of sp³-hybridized carbons (Fsp3) is 0.474. The van der Waals surface area contributed by atoms with Crippen LogP contribution in [-0.4, -0.2) is 33.2 Å². The third kappa shape index (κ3) is 5.31. The lowest BCUT2D eigenvalue weighted by molar-refractivity contribution is -0.157. The minimum atomic E-state index is -4.82. The first-order valence-electron chi connectivity index (χ1n) is 8.85. The summed E-state index contributed by atoms with van der Waals surface area (Å²) < 4.78 is 65.2. The van der Waals surface area contributed by atoms with Gasteiger partial charge in [-0.25, -0.2) is 4.79 Å². The van der Waals surface area contributed by atoms with Gasteiger partial charge in [-0.05, 0) is 40.7 Å². The van der Waals surface area contributed by atoms with Crippen LogP contribution in [0.4, 0.5) is 13.2 Å². The summed E-state index contributed by atoms with van der Waals surface area (Å²) in [6.07, 6.45) is -4.82. The molecular formula is C19H23F3N2O4S. The lowest BCUT2D eigenvalue weighted by Crippen LogP contribution is -2.45. The Bertz CT molecular complexity index is 862. The molecule has 0 bridgehead atoms. The summed E-state index contributed by atoms with van der Waals surface area (Å²) in [4.78, 5) is 12.3. The number of carbonyl (C=O) groups is 1. The van der Waals surface area contributed by atoms with E-state index in [0.717, 1.165) is 0 Å². The summed E-state index contributed by atoms with van der Waals surface area (Å²) in [7, 11) is 0. The van der Waals surface area contributed by atoms with Gasteiger partial charge in [0.25, 0.3) is 0 Å². The summed E-state index contributed by atoms with van der Waals surface area (Å²) in [5.74, 6) is -1.24. The second-order valence-corrected chi connectivity index (χ2v) is 9.24. The molecule has 10 heteroatoms. The van der Waals surface area contributed by atoms with Crippen molar-refractivity contribution in [2.24, 2.45) is 0 Å². The van der Waals surface area contributed by atoms with E-state index in [-0.39, 0.29) is 29.0 Å². The van der Waals surface area contributed by atoms with Gasteiger partial charge in [-0.15, -0.1) is 4.72 Å². The first-order valence-corrected chi connectivity index (χ1v) is 10.00. The molecule has 2 atom stereocenters. The molecule has 0 saturated heterocycles. The number of halogens is 3. The second-order valence-electron chi connectivity index (χ2n) is 7.25. The fourth-order valence-corrected chi connectivity index (χ4v) is 3.36. The zero-order valence-corrected chi connectivity index (χ0v) is 17.5. The van der Waals surface area contributed by atoms with Crippen LogP contribution in [0.15, 0.2) is 28.8 Å². The van der Waals surface area contributed by atoms with E-state index < -0.39 is 40.1 Å². The first-order chi connectivity index (χ1) is 13.4. The van der Waals surface area contributed by atoms with Crippen molar-refractivity contribution >= 4 is 17.3 Å². The highest BCUT2D eigenvalue weighted by atomic mass is 32.2. The van der Waals surface area contributed by atoms with Gasteiger partial charge in [-0.1, -0.05) is 23.4 Å². The molecule has 0 fully saturated rings. The summed E-state index contributed by atoms with van der Waals surface area (Å²) in [5.41, 5.74) is 0.445. The van der Waals surface area contributed by atoms with E-state index in [1.807, 2.05) is 0 Å². The minimum Gasteiger partial charge on any atom is -0.598 e. The van der Waals surface area contributed by atoms with Gasteiger partial charge < -0.3 is 13.8 Å². The standard InChI is InChI=1S/C19H23F3N2O4S/c1-6-27-17(25)13-10-8-7-9-12(13)14-11(2)23-28-15(14)16(19(20,21)22)24-29(26)18(3,4)5/h7-10,16,24H,6H2,1-5H3/t16?,29-/m0/s1. The van der Waals surface area contributed by atoms with E-state index >= 15 is 0 Å². The molecule has 1 aromatic carbocycles. The minimum absolute atomic E-state index is 0.00869. The molecule has 0 aliphatic rings. The molecule has 2 rings (SSSR count). The van der Waals surface area contributed by atoms with Crippen molar-refractivity contribution in [3.63, 3.8) is 0 Å². The maximum atomic E-state index is 13.9. The number of alkyl halides is 3. The summed E-state index contributed by atoms with van der Waals surface area (Å²) in [6.45, 7) is 7.85. The average Bonchev–Trinajstić information content (AvgIpc) is 2.98. The summed E-state index contributed by atoms with van der Waals surface area (Å²) in [6, 6.07) is 3.72. The Morgan fingerprint density at radius 3 is 2.48 bits per heavy atom. The van der Waals surface area contributed by atoms with Gasteiger partial charge in [0.1, 0.15) is 4.75 Å². The maximum Gasteiger partial charge on any atom is 0.415 e. The molecule has 1 N–H and O–H groups in total. The molecule has 0 saturated carbocycles. The number of aromatic nitrogens is 1. The SMILES string of the molecule is CCOC(=O)c1ccccc1-c1c(C)noc1C(N[S@@+]([O-])C(C)(C)C)C(F)(F)F. The third-order valence-corrected chi connectivity index (χ3v) is 5.51. The van der Waals surface area contributed by atoms with Gasteiger partial charge in [0.2, 0.25) is 6.04 Å². The van der Waals surface area contributed by atoms with Crippen molar-refractivity contribution in [1.29, 1.82) is 0 Å². The molecule has 0 aliphatic carbocycles. The molecule has 1 aromatic heterocycles. The van der Waals surface area contributed by atoms with Crippen molar-refractivity contribution in [2.75, 3.05) is 6.61 Å². The predicted molar refractivity (Wildman–Crippen MR) is 102 cm³/mol. The predicted octanol–water partition coefficient (Wildman–Crippen LogP) is 4.48. The Kier molecular flexibility index (Phi) is 7.02. The van der Waals surface area contributed by atoms with E-state index in [0.29, 0.717) is 0 Å². The lowest BCUT2D eigenvalue weighted by Gasteiger charge is -2.28. The first kappa shape index (κ1) is 23.2. The van der Waals surface area contributed by atoms with Crippen molar-refractivity contribution in [2.45, 2.75) is 51.6 Å². The molecule has 29 heavy (non-hydrogen) atoms. The van der Waals surface area contributed by atoms with Crippen molar-refractivity contribution in [3.05, 3.63) is 41.3 Å². The van der Waals surface area contributed by atoms with Gasteiger partial charge >= 0.3 is 12.1 Å². The van der Waals surface area contributed by atoms with Crippen LogP contribution in [0.1, 0.15) is 55.5 Å². The Balaban J connectivity index is 2.62. The topological polar surface area (TPSA) is 87.4 Å². The molecule has 1 heterocycles. The Morgan fingerprint density at radius 2 is 1.93 bits per heavy atom. The number of esters is 1. The smallest absolute Gasteiger partial charge is 0.415 e. The molecule has 0 amide bonds. The van der Waals surface area contributed by atoms with E-state index in [2.05, 4.69) is 9.88 Å². The molecule has 160 valence electrons. The highest BCUT2D eigenvalue weighted by Crippen LogP contribution is 2.41. The molecule has 1 unspecified atom stereocenters. The number of nitrogens with zero attached hydrogens (tertiary/aromatic N) is 1. The number of ether oxygens (including phenoxy) is 1. The quantitative estimate of drug-likeness (QED) is 0.535. The Hall–Kier alpha value is -2.04. The number of benzene rings is 1. The number of hydrogen-bond donors (Lipinski definition) is 1. The number of carbonyl (C=O) groups excluding carboxylic acids is 1. The van der Waals surface area contributed by atoms with Gasteiger partial charge in [0.05, 0.1) is 23.4 Å². The van der Waals surface area contributed by atoms with Gasteiger partial charge in [-0.3, -0.25) is 0 Å². The number of rotatable bonds is 6. The molecule has 0 radical (unpaired) electrons. The fourth-order valence-electron chi connectivity index (χ4n) is 2.55. The van der Waals surface area contributed by atoms with Gasteiger partial charge in [0.15, 0.2) is 5.76 Å². The Labute approximate surface area is 170 Å². The van der Waals surface area contributed by atoms with Crippen molar-refractivity contribution < 1.29 is 31.8 Å². The van der Waals surface area contributed by atoms with Gasteiger partial charge in [0, 0.05) is 16.9 Å². The second kappa shape index (κ2) is 8.76. The van der Waals surface area contributed by atoms with Gasteiger partial charge in [-0.2, -0.15) is 13.2 Å². The maximum absolute atomic E-state index is 13.9. The molecule has 0 aliphatic heterocycles. The Morgan fingerprint density at radius 1 is 1.31 bits per heavy atom. The zero-order valence-electron chi connectivity index (χ0n) is 16.7. The van der Waals surface area contributed by atoms with Crippen LogP contribution in [0.5, 0.6) is 0 Å². The zero-order chi connectivity index (χ0) is 22.0. The number of aryl methyl sites for hydroxylation is 1. The molecule has 2 aromatic rings. The number of hydrogen-bond acceptors (Lipinski definition) is 6. The van der Waals surface area contributed by atoms with Crippen LogP contribution in [0.25, 0.3) is 11.1 Å².